The molecule has 0 bridgehead atoms. The van der Waals surface area contributed by atoms with Crippen molar-refractivity contribution in [2.75, 3.05) is 11.0 Å². The van der Waals surface area contributed by atoms with E-state index in [1.807, 2.05) is 0 Å². The molecule has 4 rings (SSSR count). The van der Waals surface area contributed by atoms with Crippen molar-refractivity contribution in [1.29, 1.82) is 0 Å². The first-order chi connectivity index (χ1) is 15.0. The molecule has 4 aromatic rings. The predicted octanol–water partition coefficient (Wildman–Crippen LogP) is 3.54. The molecule has 32 heavy (non-hydrogen) atoms. The molecule has 1 N–H and O–H groups in total. The third-order valence-corrected chi connectivity index (χ3v) is 7.72. The number of nitrogens with zero attached hydrogens (tertiary/aromatic N) is 4. The minimum absolute atomic E-state index is 0.0632. The van der Waals surface area contributed by atoms with Crippen molar-refractivity contribution in [2.24, 2.45) is 7.05 Å². The fourth-order valence-corrected chi connectivity index (χ4v) is 5.33. The van der Waals surface area contributed by atoms with Crippen LogP contribution < -0.4 is 4.72 Å². The monoisotopic (exact) mass is 511 g/mol. The molecule has 2 aromatic carbocycles. The van der Waals surface area contributed by atoms with Gasteiger partial charge in [0.05, 0.1) is 15.4 Å². The molecule has 2 heterocycles. The van der Waals surface area contributed by atoms with Crippen LogP contribution in [-0.4, -0.2) is 42.8 Å². The number of aryl methyl sites for hydroxylation is 1. The number of nitrogens with one attached hydrogen (secondary N) is 1. The van der Waals surface area contributed by atoms with Crippen LogP contribution in [0.3, 0.4) is 0 Å². The van der Waals surface area contributed by atoms with E-state index in [2.05, 4.69) is 19.8 Å². The molecule has 0 atom stereocenters. The molecule has 0 saturated heterocycles. The van der Waals surface area contributed by atoms with E-state index in [0.29, 0.717) is 28.0 Å². The number of benzene rings is 2. The molecule has 9 nitrogen and oxygen atoms in total. The maximum atomic E-state index is 12.7. The third-order valence-electron chi connectivity index (χ3n) is 4.51. The molecule has 0 aliphatic rings. The van der Waals surface area contributed by atoms with Gasteiger partial charge in [-0.1, -0.05) is 41.4 Å². The average Bonchev–Trinajstić information content (AvgIpc) is 3.06. The normalized spacial score (nSPS) is 12.2. The summed E-state index contributed by atoms with van der Waals surface area (Å²) in [5, 5.41) is 4.74. The highest BCUT2D eigenvalue weighted by atomic mass is 35.5. The molecule has 2 aromatic heterocycles. The molecule has 13 heteroatoms. The lowest BCUT2D eigenvalue weighted by molar-refractivity contribution is 0.593. The minimum atomic E-state index is -3.96. The van der Waals surface area contributed by atoms with Crippen molar-refractivity contribution >= 4 is 59.8 Å². The van der Waals surface area contributed by atoms with Crippen molar-refractivity contribution < 1.29 is 16.8 Å². The second-order valence-corrected chi connectivity index (χ2v) is 11.2. The molecule has 0 aliphatic carbocycles. The van der Waals surface area contributed by atoms with Crippen molar-refractivity contribution in [3.05, 3.63) is 58.7 Å². The van der Waals surface area contributed by atoms with Crippen LogP contribution in [0.25, 0.3) is 22.3 Å². The first kappa shape index (κ1) is 22.5. The van der Waals surface area contributed by atoms with E-state index in [9.17, 15) is 16.8 Å². The van der Waals surface area contributed by atoms with E-state index >= 15 is 0 Å². The van der Waals surface area contributed by atoms with Gasteiger partial charge in [0, 0.05) is 30.8 Å². The molecule has 0 unspecified atom stereocenters. The van der Waals surface area contributed by atoms with Crippen molar-refractivity contribution in [3.63, 3.8) is 0 Å². The Kier molecular flexibility index (Phi) is 5.61. The summed E-state index contributed by atoms with van der Waals surface area (Å²) in [7, 11) is -5.88. The van der Waals surface area contributed by atoms with Crippen LogP contribution in [0.1, 0.15) is 0 Å². The van der Waals surface area contributed by atoms with E-state index < -0.39 is 19.9 Å². The zero-order chi connectivity index (χ0) is 23.3. The van der Waals surface area contributed by atoms with Crippen LogP contribution in [-0.2, 0) is 26.9 Å². The predicted molar refractivity (Wildman–Crippen MR) is 122 cm³/mol. The number of rotatable bonds is 5. The number of anilines is 1. The molecule has 0 fully saturated rings. The van der Waals surface area contributed by atoms with Crippen LogP contribution in [0.2, 0.25) is 10.0 Å². The molecular weight excluding hydrogens is 497 g/mol. The summed E-state index contributed by atoms with van der Waals surface area (Å²) < 4.78 is 52.8. The smallest absolute Gasteiger partial charge is 0.263 e. The molecular formula is C19H15Cl2N5O4S2. The van der Waals surface area contributed by atoms with E-state index in [1.165, 1.54) is 29.1 Å². The van der Waals surface area contributed by atoms with Gasteiger partial charge in [-0.2, -0.15) is 10.1 Å². The summed E-state index contributed by atoms with van der Waals surface area (Å²) in [6.45, 7) is 0. The summed E-state index contributed by atoms with van der Waals surface area (Å²) >= 11 is 12.0. The third kappa shape index (κ3) is 4.16. The number of fused-ring (bicyclic) bond motifs is 1. The number of sulfone groups is 1. The van der Waals surface area contributed by atoms with E-state index in [4.69, 9.17) is 23.2 Å². The first-order valence-electron chi connectivity index (χ1n) is 8.94. The van der Waals surface area contributed by atoms with E-state index in [1.54, 1.807) is 31.3 Å². The summed E-state index contributed by atoms with van der Waals surface area (Å²) in [5.41, 5.74) is 1.85. The van der Waals surface area contributed by atoms with E-state index in [-0.39, 0.29) is 20.1 Å². The first-order valence-corrected chi connectivity index (χ1v) is 13.1. The van der Waals surface area contributed by atoms with Gasteiger partial charge in [0.25, 0.3) is 10.0 Å². The maximum absolute atomic E-state index is 12.7. The number of sulfonamides is 1. The second-order valence-electron chi connectivity index (χ2n) is 6.87. The minimum Gasteiger partial charge on any atom is -0.280 e. The van der Waals surface area contributed by atoms with Crippen molar-refractivity contribution in [2.45, 2.75) is 10.1 Å². The highest BCUT2D eigenvalue weighted by molar-refractivity contribution is 7.92. The summed E-state index contributed by atoms with van der Waals surface area (Å²) in [5.74, 6) is 0. The van der Waals surface area contributed by atoms with Crippen LogP contribution in [0.5, 0.6) is 0 Å². The Morgan fingerprint density at radius 2 is 1.69 bits per heavy atom. The van der Waals surface area contributed by atoms with Gasteiger partial charge >= 0.3 is 0 Å². The van der Waals surface area contributed by atoms with Gasteiger partial charge in [-0.15, -0.1) is 0 Å². The van der Waals surface area contributed by atoms with Crippen LogP contribution in [0.15, 0.2) is 58.7 Å². The number of hydrogen-bond acceptors (Lipinski definition) is 7. The van der Waals surface area contributed by atoms with Crippen LogP contribution >= 0.6 is 23.2 Å². The topological polar surface area (TPSA) is 124 Å². The fourth-order valence-electron chi connectivity index (χ4n) is 3.01. The Labute approximate surface area is 194 Å². The molecule has 0 aliphatic heterocycles. The van der Waals surface area contributed by atoms with Gasteiger partial charge < -0.3 is 0 Å². The second kappa shape index (κ2) is 8.00. The summed E-state index contributed by atoms with van der Waals surface area (Å²) in [6, 6.07) is 10.8. The largest absolute Gasteiger partial charge is 0.280 e. The Morgan fingerprint density at radius 3 is 2.34 bits per heavy atom. The molecule has 0 amide bonds. The average molecular weight is 512 g/mol. The number of aromatic nitrogens is 4. The standard InChI is InChI=1S/C19H15Cl2N5O4S2/c1-26-18-13(10-22-19(23-18)31(2,27)28)17(24-26)11-6-8-12(9-7-11)25-32(29,30)15-5-3-4-14(20)16(15)21/h3-10,25H,1-2H3. The molecule has 0 saturated carbocycles. The Balaban J connectivity index is 1.67. The van der Waals surface area contributed by atoms with E-state index in [0.717, 1.165) is 6.26 Å². The van der Waals surface area contributed by atoms with Gasteiger partial charge in [0.2, 0.25) is 15.0 Å². The summed E-state index contributed by atoms with van der Waals surface area (Å²) in [4.78, 5) is 7.88. The zero-order valence-corrected chi connectivity index (χ0v) is 19.8. The Bertz CT molecular complexity index is 1570. The molecule has 0 radical (unpaired) electrons. The van der Waals surface area contributed by atoms with Crippen molar-refractivity contribution in [1.82, 2.24) is 19.7 Å². The molecule has 0 spiro atoms. The number of halogens is 2. The zero-order valence-electron chi connectivity index (χ0n) is 16.6. The van der Waals surface area contributed by atoms with Gasteiger partial charge in [-0.05, 0) is 24.3 Å². The lowest BCUT2D eigenvalue weighted by atomic mass is 10.1. The van der Waals surface area contributed by atoms with Gasteiger partial charge in [0.15, 0.2) is 5.65 Å². The lowest BCUT2D eigenvalue weighted by Crippen LogP contribution is -2.13. The van der Waals surface area contributed by atoms with Gasteiger partial charge in [-0.25, -0.2) is 26.5 Å². The highest BCUT2D eigenvalue weighted by Gasteiger charge is 2.21. The highest BCUT2D eigenvalue weighted by Crippen LogP contribution is 2.31. The Hall–Kier alpha value is -2.73. The Morgan fingerprint density at radius 1 is 1.00 bits per heavy atom. The SMILES string of the molecule is Cn1nc(-c2ccc(NS(=O)(=O)c3cccc(Cl)c3Cl)cc2)c2cnc(S(C)(=O)=O)nc21. The van der Waals surface area contributed by atoms with Crippen molar-refractivity contribution in [3.8, 4) is 11.3 Å². The van der Waals surface area contributed by atoms with Crippen LogP contribution in [0.4, 0.5) is 5.69 Å². The summed E-state index contributed by atoms with van der Waals surface area (Å²) in [6.07, 6.45) is 2.43. The molecule has 166 valence electrons. The fraction of sp³-hybridized carbons (Fsp3) is 0.105. The lowest BCUT2D eigenvalue weighted by Gasteiger charge is -2.10. The van der Waals surface area contributed by atoms with Crippen LogP contribution in [0, 0.1) is 0 Å². The number of hydrogen-bond donors (Lipinski definition) is 1. The maximum Gasteiger partial charge on any atom is 0.263 e. The van der Waals surface area contributed by atoms with Gasteiger partial charge in [0.1, 0.15) is 10.6 Å². The van der Waals surface area contributed by atoms with Gasteiger partial charge in [-0.3, -0.25) is 4.72 Å². The quantitative estimate of drug-likeness (QED) is 0.406.